The minimum absolute atomic E-state index is 0.119. The Morgan fingerprint density at radius 3 is 2.67 bits per heavy atom. The lowest BCUT2D eigenvalue weighted by Crippen LogP contribution is -2.39. The van der Waals surface area contributed by atoms with Crippen molar-refractivity contribution in [2.24, 2.45) is 0 Å². The first kappa shape index (κ1) is 13.4. The number of hydrogen-bond acceptors (Lipinski definition) is 2. The fraction of sp³-hybridized carbons (Fsp3) is 0.538. The predicted molar refractivity (Wildman–Crippen MR) is 62.1 cm³/mol. The molecule has 18 heavy (non-hydrogen) atoms. The smallest absolute Gasteiger partial charge is 0.361 e. The number of hydrogen-bond donors (Lipinski definition) is 1. The molecule has 0 aromatic heterocycles. The molecule has 1 N–H and O–H groups in total. The zero-order valence-corrected chi connectivity index (χ0v) is 10.3. The van der Waals surface area contributed by atoms with Crippen molar-refractivity contribution in [3.63, 3.8) is 0 Å². The summed E-state index contributed by atoms with van der Waals surface area (Å²) in [7, 11) is 0. The van der Waals surface area contributed by atoms with Crippen molar-refractivity contribution >= 4 is 0 Å². The van der Waals surface area contributed by atoms with E-state index < -0.39 is 11.7 Å². The van der Waals surface area contributed by atoms with Crippen LogP contribution in [0, 0.1) is 0 Å². The van der Waals surface area contributed by atoms with Crippen LogP contribution in [0.3, 0.4) is 0 Å². The van der Waals surface area contributed by atoms with Gasteiger partial charge in [-0.15, -0.1) is 0 Å². The average Bonchev–Trinajstić information content (AvgIpc) is 2.57. The third kappa shape index (κ3) is 3.23. The summed E-state index contributed by atoms with van der Waals surface area (Å²) in [6.07, 6.45) is -4.07. The minimum Gasteiger partial charge on any atom is -0.361 e. The molecule has 0 spiro atoms. The lowest BCUT2D eigenvalue weighted by molar-refractivity contribution is -0.137. The molecular formula is C13H16F3NO. The Labute approximate surface area is 104 Å². The number of ether oxygens (including phenoxy) is 1. The number of halogens is 3. The van der Waals surface area contributed by atoms with Crippen molar-refractivity contribution in [1.29, 1.82) is 0 Å². The van der Waals surface area contributed by atoms with Crippen LogP contribution in [0.15, 0.2) is 24.3 Å². The molecule has 0 aliphatic carbocycles. The molecule has 1 fully saturated rings. The van der Waals surface area contributed by atoms with E-state index in [1.807, 2.05) is 13.8 Å². The van der Waals surface area contributed by atoms with Gasteiger partial charge in [0.1, 0.15) is 6.23 Å². The molecule has 1 aromatic rings. The first-order valence-corrected chi connectivity index (χ1v) is 5.82. The summed E-state index contributed by atoms with van der Waals surface area (Å²) < 4.78 is 43.2. The first-order valence-electron chi connectivity index (χ1n) is 5.82. The Balaban J connectivity index is 2.07. The van der Waals surface area contributed by atoms with Crippen LogP contribution in [0.1, 0.15) is 25.0 Å². The molecular weight excluding hydrogens is 243 g/mol. The van der Waals surface area contributed by atoms with Crippen molar-refractivity contribution in [3.05, 3.63) is 35.4 Å². The maximum Gasteiger partial charge on any atom is 0.416 e. The standard InChI is InChI=1S/C13H16F3NO/c1-12(2)8-18-11(17-12)7-9-4-3-5-10(6-9)13(14,15)16/h3-6,11,17H,7-8H2,1-2H3. The Bertz CT molecular complexity index is 428. The van der Waals surface area contributed by atoms with E-state index in [-0.39, 0.29) is 11.8 Å². The van der Waals surface area contributed by atoms with E-state index in [4.69, 9.17) is 4.74 Å². The summed E-state index contributed by atoms with van der Waals surface area (Å²) in [4.78, 5) is 0. The van der Waals surface area contributed by atoms with Gasteiger partial charge >= 0.3 is 6.18 Å². The maximum atomic E-state index is 12.6. The topological polar surface area (TPSA) is 21.3 Å². The number of alkyl halides is 3. The minimum atomic E-state index is -4.29. The van der Waals surface area contributed by atoms with Crippen LogP contribution in [0.5, 0.6) is 0 Å². The van der Waals surface area contributed by atoms with Gasteiger partial charge in [-0.3, -0.25) is 5.32 Å². The van der Waals surface area contributed by atoms with Gasteiger partial charge in [0.05, 0.1) is 12.2 Å². The largest absolute Gasteiger partial charge is 0.416 e. The molecule has 1 aliphatic rings. The SMILES string of the molecule is CC1(C)COC(Cc2cccc(C(F)(F)F)c2)N1. The molecule has 100 valence electrons. The van der Waals surface area contributed by atoms with Gasteiger partial charge in [-0.2, -0.15) is 13.2 Å². The normalized spacial score (nSPS) is 23.3. The first-order chi connectivity index (χ1) is 8.26. The Morgan fingerprint density at radius 2 is 2.11 bits per heavy atom. The third-order valence-corrected chi connectivity index (χ3v) is 2.87. The summed E-state index contributed by atoms with van der Waals surface area (Å²) in [5, 5.41) is 3.23. The number of rotatable bonds is 2. The highest BCUT2D eigenvalue weighted by atomic mass is 19.4. The van der Waals surface area contributed by atoms with Crippen molar-refractivity contribution < 1.29 is 17.9 Å². The Hall–Kier alpha value is -1.07. The molecule has 1 aliphatic heterocycles. The summed E-state index contributed by atoms with van der Waals surface area (Å²) in [5.74, 6) is 0. The molecule has 1 heterocycles. The Kier molecular flexibility index (Phi) is 3.38. The molecule has 2 rings (SSSR count). The van der Waals surface area contributed by atoms with Crippen LogP contribution in [0.4, 0.5) is 13.2 Å². The van der Waals surface area contributed by atoms with Crippen LogP contribution < -0.4 is 5.32 Å². The van der Waals surface area contributed by atoms with Crippen molar-refractivity contribution in [2.45, 2.75) is 38.2 Å². The van der Waals surface area contributed by atoms with Gasteiger partial charge in [-0.05, 0) is 25.5 Å². The van der Waals surface area contributed by atoms with Crippen molar-refractivity contribution in [3.8, 4) is 0 Å². The predicted octanol–water partition coefficient (Wildman–Crippen LogP) is 2.97. The monoisotopic (exact) mass is 259 g/mol. The van der Waals surface area contributed by atoms with E-state index in [0.717, 1.165) is 6.07 Å². The second-order valence-electron chi connectivity index (χ2n) is 5.23. The molecule has 1 unspecified atom stereocenters. The van der Waals surface area contributed by atoms with Gasteiger partial charge < -0.3 is 4.74 Å². The van der Waals surface area contributed by atoms with E-state index in [2.05, 4.69) is 5.32 Å². The lowest BCUT2D eigenvalue weighted by Gasteiger charge is -2.17. The zero-order valence-electron chi connectivity index (χ0n) is 10.3. The fourth-order valence-electron chi connectivity index (χ4n) is 2.03. The second-order valence-corrected chi connectivity index (χ2v) is 5.23. The summed E-state index contributed by atoms with van der Waals surface area (Å²) in [6.45, 7) is 4.56. The maximum absolute atomic E-state index is 12.6. The molecule has 1 atom stereocenters. The van der Waals surface area contributed by atoms with E-state index in [0.29, 0.717) is 18.6 Å². The van der Waals surface area contributed by atoms with Gasteiger partial charge in [-0.1, -0.05) is 18.2 Å². The van der Waals surface area contributed by atoms with Crippen LogP contribution in [-0.4, -0.2) is 18.4 Å². The highest BCUT2D eigenvalue weighted by Gasteiger charge is 2.32. The van der Waals surface area contributed by atoms with Crippen LogP contribution in [-0.2, 0) is 17.3 Å². The summed E-state index contributed by atoms with van der Waals surface area (Å²) in [5.41, 5.74) is -0.107. The van der Waals surface area contributed by atoms with E-state index in [9.17, 15) is 13.2 Å². The molecule has 0 radical (unpaired) electrons. The molecule has 1 aromatic carbocycles. The molecule has 5 heteroatoms. The molecule has 1 saturated heterocycles. The van der Waals surface area contributed by atoms with E-state index in [1.165, 1.54) is 12.1 Å². The van der Waals surface area contributed by atoms with Crippen LogP contribution in [0.2, 0.25) is 0 Å². The molecule has 0 bridgehead atoms. The highest BCUT2D eigenvalue weighted by molar-refractivity contribution is 5.26. The third-order valence-electron chi connectivity index (χ3n) is 2.87. The molecule has 0 amide bonds. The van der Waals surface area contributed by atoms with Gasteiger partial charge in [0.15, 0.2) is 0 Å². The fourth-order valence-corrected chi connectivity index (χ4v) is 2.03. The Morgan fingerprint density at radius 1 is 1.39 bits per heavy atom. The quantitative estimate of drug-likeness (QED) is 0.881. The zero-order chi connectivity index (χ0) is 13.4. The molecule has 0 saturated carbocycles. The van der Waals surface area contributed by atoms with Gasteiger partial charge in [0.25, 0.3) is 0 Å². The van der Waals surface area contributed by atoms with Crippen molar-refractivity contribution in [1.82, 2.24) is 5.32 Å². The average molecular weight is 259 g/mol. The molecule has 2 nitrogen and oxygen atoms in total. The second kappa shape index (κ2) is 4.55. The summed E-state index contributed by atoms with van der Waals surface area (Å²) >= 11 is 0. The van der Waals surface area contributed by atoms with E-state index >= 15 is 0 Å². The van der Waals surface area contributed by atoms with Crippen LogP contribution >= 0.6 is 0 Å². The van der Waals surface area contributed by atoms with Gasteiger partial charge in [0.2, 0.25) is 0 Å². The highest BCUT2D eigenvalue weighted by Crippen LogP contribution is 2.30. The van der Waals surface area contributed by atoms with E-state index in [1.54, 1.807) is 6.07 Å². The number of nitrogens with one attached hydrogen (secondary N) is 1. The van der Waals surface area contributed by atoms with Crippen LogP contribution in [0.25, 0.3) is 0 Å². The van der Waals surface area contributed by atoms with Crippen molar-refractivity contribution in [2.75, 3.05) is 6.61 Å². The lowest BCUT2D eigenvalue weighted by atomic mass is 10.1. The summed E-state index contributed by atoms with van der Waals surface area (Å²) in [6, 6.07) is 5.37. The number of benzene rings is 1. The van der Waals surface area contributed by atoms with Gasteiger partial charge in [-0.25, -0.2) is 0 Å². The van der Waals surface area contributed by atoms with Gasteiger partial charge in [0, 0.05) is 12.0 Å².